The van der Waals surface area contributed by atoms with E-state index in [1.54, 1.807) is 36.4 Å². The summed E-state index contributed by atoms with van der Waals surface area (Å²) in [5.41, 5.74) is 0.649. The average molecular weight is 454 g/mol. The quantitative estimate of drug-likeness (QED) is 0.544. The maximum atomic E-state index is 13.0. The van der Waals surface area contributed by atoms with Gasteiger partial charge in [0.15, 0.2) is 0 Å². The van der Waals surface area contributed by atoms with Gasteiger partial charge in [0.1, 0.15) is 0 Å². The van der Waals surface area contributed by atoms with Crippen molar-refractivity contribution in [3.8, 4) is 0 Å². The van der Waals surface area contributed by atoms with Crippen LogP contribution in [0.5, 0.6) is 0 Å². The molecule has 168 valence electrons. The molecule has 0 saturated heterocycles. The number of carbonyl (C=O) groups excluding carboxylic acids is 2. The predicted molar refractivity (Wildman–Crippen MR) is 126 cm³/mol. The minimum atomic E-state index is -3.87. The Morgan fingerprint density at radius 1 is 0.969 bits per heavy atom. The molecule has 0 bridgehead atoms. The van der Waals surface area contributed by atoms with Crippen LogP contribution in [0, 0.1) is 0 Å². The van der Waals surface area contributed by atoms with E-state index >= 15 is 0 Å². The van der Waals surface area contributed by atoms with Crippen molar-refractivity contribution in [3.05, 3.63) is 72.3 Å². The molecule has 0 aliphatic carbocycles. The standard InChI is InChI=1S/C24H27N3O4S/c1-4-17(2)25-24(29)21-11-7-8-12-22(21)26-23(28)16-27(3)32(30,31)20-14-13-18-9-5-6-10-19(18)15-20/h5-15,17H,4,16H2,1-3H3,(H,25,29)(H,26,28). The van der Waals surface area contributed by atoms with Gasteiger partial charge in [-0.3, -0.25) is 9.59 Å². The van der Waals surface area contributed by atoms with Crippen molar-refractivity contribution >= 4 is 38.3 Å². The molecular formula is C24H27N3O4S. The number of rotatable bonds is 8. The smallest absolute Gasteiger partial charge is 0.253 e. The maximum absolute atomic E-state index is 13.0. The number of anilines is 1. The molecule has 3 aromatic rings. The van der Waals surface area contributed by atoms with Gasteiger partial charge in [0.05, 0.1) is 22.7 Å². The van der Waals surface area contributed by atoms with Gasteiger partial charge in [-0.25, -0.2) is 8.42 Å². The van der Waals surface area contributed by atoms with Crippen molar-refractivity contribution in [2.24, 2.45) is 0 Å². The zero-order valence-corrected chi connectivity index (χ0v) is 19.1. The van der Waals surface area contributed by atoms with E-state index in [9.17, 15) is 18.0 Å². The summed E-state index contributed by atoms with van der Waals surface area (Å²) in [5.74, 6) is -0.840. The second-order valence-corrected chi connectivity index (χ2v) is 9.69. The molecule has 0 heterocycles. The van der Waals surface area contributed by atoms with Crippen LogP contribution in [0.3, 0.4) is 0 Å². The predicted octanol–water partition coefficient (Wildman–Crippen LogP) is 3.63. The first-order valence-electron chi connectivity index (χ1n) is 10.4. The number of sulfonamides is 1. The fraction of sp³-hybridized carbons (Fsp3) is 0.250. The molecule has 0 spiro atoms. The van der Waals surface area contributed by atoms with Crippen molar-refractivity contribution in [1.82, 2.24) is 9.62 Å². The third-order valence-electron chi connectivity index (χ3n) is 5.23. The third kappa shape index (κ3) is 5.33. The lowest BCUT2D eigenvalue weighted by Gasteiger charge is -2.18. The monoisotopic (exact) mass is 453 g/mol. The largest absolute Gasteiger partial charge is 0.350 e. The number of para-hydroxylation sites is 1. The highest BCUT2D eigenvalue weighted by Crippen LogP contribution is 2.21. The van der Waals surface area contributed by atoms with Gasteiger partial charge in [0, 0.05) is 13.1 Å². The Hall–Kier alpha value is -3.23. The van der Waals surface area contributed by atoms with Crippen LogP contribution in [-0.4, -0.2) is 44.2 Å². The second-order valence-electron chi connectivity index (χ2n) is 7.65. The Bertz CT molecular complexity index is 1240. The second kappa shape index (κ2) is 9.93. The van der Waals surface area contributed by atoms with Crippen LogP contribution < -0.4 is 10.6 Å². The van der Waals surface area contributed by atoms with Gasteiger partial charge < -0.3 is 10.6 Å². The minimum absolute atomic E-state index is 0.00973. The molecule has 0 saturated carbocycles. The Labute approximate surface area is 188 Å². The van der Waals surface area contributed by atoms with Crippen molar-refractivity contribution in [3.63, 3.8) is 0 Å². The Balaban J connectivity index is 1.74. The molecule has 3 rings (SSSR count). The number of amides is 2. The lowest BCUT2D eigenvalue weighted by molar-refractivity contribution is -0.116. The molecule has 0 aliphatic heterocycles. The first kappa shape index (κ1) is 23.4. The highest BCUT2D eigenvalue weighted by molar-refractivity contribution is 7.89. The van der Waals surface area contributed by atoms with Gasteiger partial charge in [-0.2, -0.15) is 4.31 Å². The van der Waals surface area contributed by atoms with Gasteiger partial charge in [-0.05, 0) is 48.4 Å². The molecule has 0 aliphatic rings. The molecule has 8 heteroatoms. The van der Waals surface area contributed by atoms with Gasteiger partial charge >= 0.3 is 0 Å². The molecule has 0 radical (unpaired) electrons. The van der Waals surface area contributed by atoms with E-state index < -0.39 is 22.5 Å². The number of benzene rings is 3. The number of nitrogens with one attached hydrogen (secondary N) is 2. The van der Waals surface area contributed by atoms with Crippen molar-refractivity contribution in [1.29, 1.82) is 0 Å². The summed E-state index contributed by atoms with van der Waals surface area (Å²) in [4.78, 5) is 25.2. The van der Waals surface area contributed by atoms with Gasteiger partial charge in [0.2, 0.25) is 15.9 Å². The van der Waals surface area contributed by atoms with E-state index in [-0.39, 0.29) is 16.8 Å². The molecular weight excluding hydrogens is 426 g/mol. The third-order valence-corrected chi connectivity index (χ3v) is 7.03. The summed E-state index contributed by atoms with van der Waals surface area (Å²) in [7, 11) is -2.52. The summed E-state index contributed by atoms with van der Waals surface area (Å²) in [6.45, 7) is 3.46. The summed E-state index contributed by atoms with van der Waals surface area (Å²) >= 11 is 0. The molecule has 0 aromatic heterocycles. The van der Waals surface area contributed by atoms with Crippen molar-refractivity contribution in [2.45, 2.75) is 31.2 Å². The summed E-state index contributed by atoms with van der Waals surface area (Å²) in [6.07, 6.45) is 0.775. The number of nitrogens with zero attached hydrogens (tertiary/aromatic N) is 1. The van der Waals surface area contributed by atoms with Crippen LogP contribution in [0.2, 0.25) is 0 Å². The van der Waals surface area contributed by atoms with Crippen LogP contribution in [0.25, 0.3) is 10.8 Å². The normalized spacial score (nSPS) is 12.5. The Kier molecular flexibility index (Phi) is 7.27. The number of likely N-dealkylation sites (N-methyl/N-ethyl adjacent to an activating group) is 1. The van der Waals surface area contributed by atoms with Gasteiger partial charge in [-0.15, -0.1) is 0 Å². The van der Waals surface area contributed by atoms with E-state index in [2.05, 4.69) is 10.6 Å². The highest BCUT2D eigenvalue weighted by Gasteiger charge is 2.24. The van der Waals surface area contributed by atoms with Crippen LogP contribution in [0.15, 0.2) is 71.6 Å². The summed E-state index contributed by atoms with van der Waals surface area (Å²) < 4.78 is 26.9. The van der Waals surface area contributed by atoms with Crippen LogP contribution in [-0.2, 0) is 14.8 Å². The molecule has 3 aromatic carbocycles. The van der Waals surface area contributed by atoms with E-state index in [1.165, 1.54) is 13.1 Å². The first-order valence-corrected chi connectivity index (χ1v) is 11.8. The van der Waals surface area contributed by atoms with Gasteiger partial charge in [-0.1, -0.05) is 49.4 Å². The highest BCUT2D eigenvalue weighted by atomic mass is 32.2. The fourth-order valence-corrected chi connectivity index (χ4v) is 4.34. The molecule has 2 amide bonds. The zero-order valence-electron chi connectivity index (χ0n) is 18.3. The summed E-state index contributed by atoms with van der Waals surface area (Å²) in [5, 5.41) is 7.25. The van der Waals surface area contributed by atoms with Crippen molar-refractivity contribution < 1.29 is 18.0 Å². The number of carbonyl (C=O) groups is 2. The first-order chi connectivity index (χ1) is 15.2. The average Bonchev–Trinajstić information content (AvgIpc) is 2.78. The molecule has 32 heavy (non-hydrogen) atoms. The van der Waals surface area contributed by atoms with Crippen molar-refractivity contribution in [2.75, 3.05) is 18.9 Å². The Morgan fingerprint density at radius 2 is 1.62 bits per heavy atom. The lowest BCUT2D eigenvalue weighted by Crippen LogP contribution is -2.36. The van der Waals surface area contributed by atoms with E-state index in [4.69, 9.17) is 0 Å². The minimum Gasteiger partial charge on any atom is -0.350 e. The SMILES string of the molecule is CCC(C)NC(=O)c1ccccc1NC(=O)CN(C)S(=O)(=O)c1ccc2ccccc2c1. The number of hydrogen-bond donors (Lipinski definition) is 2. The number of fused-ring (bicyclic) bond motifs is 1. The molecule has 1 unspecified atom stereocenters. The lowest BCUT2D eigenvalue weighted by atomic mass is 10.1. The maximum Gasteiger partial charge on any atom is 0.253 e. The molecule has 0 fully saturated rings. The molecule has 1 atom stereocenters. The number of hydrogen-bond acceptors (Lipinski definition) is 4. The molecule has 2 N–H and O–H groups in total. The van der Waals surface area contributed by atoms with E-state index in [0.29, 0.717) is 11.3 Å². The summed E-state index contributed by atoms with van der Waals surface area (Å²) in [6, 6.07) is 18.9. The van der Waals surface area contributed by atoms with E-state index in [0.717, 1.165) is 21.5 Å². The van der Waals surface area contributed by atoms with Gasteiger partial charge in [0.25, 0.3) is 5.91 Å². The molecule has 7 nitrogen and oxygen atoms in total. The topological polar surface area (TPSA) is 95.6 Å². The zero-order chi connectivity index (χ0) is 23.3. The van der Waals surface area contributed by atoms with Crippen LogP contribution in [0.1, 0.15) is 30.6 Å². The fourth-order valence-electron chi connectivity index (χ4n) is 3.18. The van der Waals surface area contributed by atoms with E-state index in [1.807, 2.05) is 38.1 Å². The van der Waals surface area contributed by atoms with Crippen LogP contribution in [0.4, 0.5) is 5.69 Å². The Morgan fingerprint density at radius 3 is 2.34 bits per heavy atom. The van der Waals surface area contributed by atoms with Crippen LogP contribution >= 0.6 is 0 Å².